The first-order valence-electron chi connectivity index (χ1n) is 6.70. The van der Waals surface area contributed by atoms with Crippen molar-refractivity contribution in [2.24, 2.45) is 0 Å². The average Bonchev–Trinajstić information content (AvgIpc) is 2.57. The Morgan fingerprint density at radius 3 is 3.11 bits per heavy atom. The molecule has 0 bridgehead atoms. The molecule has 0 aromatic carbocycles. The molecule has 2 N–H and O–H groups in total. The van der Waals surface area contributed by atoms with Crippen molar-refractivity contribution in [1.29, 1.82) is 0 Å². The van der Waals surface area contributed by atoms with Crippen LogP contribution in [0.5, 0.6) is 5.88 Å². The summed E-state index contributed by atoms with van der Waals surface area (Å²) in [5.41, 5.74) is 0. The summed E-state index contributed by atoms with van der Waals surface area (Å²) < 4.78 is 5.54. The minimum Gasteiger partial charge on any atom is -0.474 e. The number of aromatic nitrogens is 2. The molecule has 2 heterocycles. The third kappa shape index (κ3) is 4.14. The molecule has 0 radical (unpaired) electrons. The molecule has 5 nitrogen and oxygen atoms in total. The van der Waals surface area contributed by atoms with E-state index in [0.29, 0.717) is 11.9 Å². The minimum atomic E-state index is 0.120. The number of hydrogen-bond acceptors (Lipinski definition) is 5. The number of hydrogen-bond donors (Lipinski definition) is 2. The van der Waals surface area contributed by atoms with Crippen LogP contribution in [0.15, 0.2) is 12.4 Å². The molecule has 1 aliphatic rings. The molecule has 1 aliphatic heterocycles. The monoisotopic (exact) mass is 250 g/mol. The molecule has 18 heavy (non-hydrogen) atoms. The lowest BCUT2D eigenvalue weighted by Crippen LogP contribution is -2.31. The number of rotatable bonds is 4. The van der Waals surface area contributed by atoms with Crippen molar-refractivity contribution >= 4 is 5.82 Å². The quantitative estimate of drug-likeness (QED) is 0.853. The van der Waals surface area contributed by atoms with Crippen LogP contribution >= 0.6 is 0 Å². The molecule has 100 valence electrons. The molecule has 0 aliphatic carbocycles. The standard InChI is InChI=1S/C13H22N4O/c1-10(2)18-13-9-15-8-12(17-13)16-11-5-3-4-6-14-7-11/h8-11,14H,3-7H2,1-2H3,(H,16,17). The fourth-order valence-electron chi connectivity index (χ4n) is 2.07. The number of nitrogens with zero attached hydrogens (tertiary/aromatic N) is 2. The topological polar surface area (TPSA) is 59.1 Å². The van der Waals surface area contributed by atoms with Gasteiger partial charge in [-0.2, -0.15) is 4.98 Å². The second-order valence-corrected chi connectivity index (χ2v) is 4.95. The molecule has 5 heteroatoms. The number of nitrogens with one attached hydrogen (secondary N) is 2. The van der Waals surface area contributed by atoms with Crippen LogP contribution in [-0.2, 0) is 0 Å². The zero-order valence-electron chi connectivity index (χ0n) is 11.1. The second kappa shape index (κ2) is 6.54. The lowest BCUT2D eigenvalue weighted by molar-refractivity contribution is 0.232. The minimum absolute atomic E-state index is 0.120. The van der Waals surface area contributed by atoms with Crippen LogP contribution in [0.4, 0.5) is 5.82 Å². The molecule has 1 saturated heterocycles. The molecule has 2 rings (SSSR count). The van der Waals surface area contributed by atoms with E-state index in [2.05, 4.69) is 20.6 Å². The molecule has 0 spiro atoms. The third-order valence-electron chi connectivity index (χ3n) is 2.87. The van der Waals surface area contributed by atoms with E-state index in [9.17, 15) is 0 Å². The van der Waals surface area contributed by atoms with Gasteiger partial charge in [0, 0.05) is 12.6 Å². The maximum absolute atomic E-state index is 5.54. The van der Waals surface area contributed by atoms with Crippen LogP contribution in [0.3, 0.4) is 0 Å². The van der Waals surface area contributed by atoms with Crippen molar-refractivity contribution in [3.05, 3.63) is 12.4 Å². The number of ether oxygens (including phenoxy) is 1. The second-order valence-electron chi connectivity index (χ2n) is 4.95. The average molecular weight is 250 g/mol. The van der Waals surface area contributed by atoms with Gasteiger partial charge in [-0.15, -0.1) is 0 Å². The predicted molar refractivity (Wildman–Crippen MR) is 71.9 cm³/mol. The molecule has 1 atom stereocenters. The van der Waals surface area contributed by atoms with Crippen LogP contribution < -0.4 is 15.4 Å². The summed E-state index contributed by atoms with van der Waals surface area (Å²) in [6.45, 7) is 6.06. The van der Waals surface area contributed by atoms with E-state index < -0.39 is 0 Å². The maximum atomic E-state index is 5.54. The molecule has 1 aromatic rings. The van der Waals surface area contributed by atoms with E-state index in [0.717, 1.165) is 18.9 Å². The first-order chi connectivity index (χ1) is 8.74. The highest BCUT2D eigenvalue weighted by molar-refractivity contribution is 5.34. The summed E-state index contributed by atoms with van der Waals surface area (Å²) >= 11 is 0. The summed E-state index contributed by atoms with van der Waals surface area (Å²) in [5.74, 6) is 1.37. The van der Waals surface area contributed by atoms with Gasteiger partial charge in [-0.1, -0.05) is 6.42 Å². The smallest absolute Gasteiger partial charge is 0.234 e. The van der Waals surface area contributed by atoms with Crippen molar-refractivity contribution in [3.63, 3.8) is 0 Å². The zero-order chi connectivity index (χ0) is 12.8. The molecule has 0 amide bonds. The van der Waals surface area contributed by atoms with Gasteiger partial charge in [-0.3, -0.25) is 4.98 Å². The van der Waals surface area contributed by atoms with E-state index in [1.165, 1.54) is 19.3 Å². The summed E-state index contributed by atoms with van der Waals surface area (Å²) in [4.78, 5) is 8.57. The van der Waals surface area contributed by atoms with Gasteiger partial charge < -0.3 is 15.4 Å². The van der Waals surface area contributed by atoms with E-state index in [4.69, 9.17) is 4.74 Å². The SMILES string of the molecule is CC(C)Oc1cncc(NC2CCCCNC2)n1. The van der Waals surface area contributed by atoms with Gasteiger partial charge in [0.25, 0.3) is 0 Å². The Balaban J connectivity index is 1.95. The van der Waals surface area contributed by atoms with Gasteiger partial charge in [-0.05, 0) is 33.2 Å². The highest BCUT2D eigenvalue weighted by Crippen LogP contribution is 2.14. The van der Waals surface area contributed by atoms with Crippen molar-refractivity contribution < 1.29 is 4.74 Å². The van der Waals surface area contributed by atoms with E-state index >= 15 is 0 Å². The lowest BCUT2D eigenvalue weighted by atomic mass is 10.1. The Kier molecular flexibility index (Phi) is 4.75. The van der Waals surface area contributed by atoms with Crippen LogP contribution in [0.2, 0.25) is 0 Å². The summed E-state index contributed by atoms with van der Waals surface area (Å²) in [7, 11) is 0. The van der Waals surface area contributed by atoms with Gasteiger partial charge >= 0.3 is 0 Å². The Bertz CT molecular complexity index is 362. The Morgan fingerprint density at radius 1 is 1.39 bits per heavy atom. The molecule has 1 fully saturated rings. The lowest BCUT2D eigenvalue weighted by Gasteiger charge is -2.17. The van der Waals surface area contributed by atoms with Crippen molar-refractivity contribution in [2.75, 3.05) is 18.4 Å². The van der Waals surface area contributed by atoms with Gasteiger partial charge in [0.05, 0.1) is 18.5 Å². The Morgan fingerprint density at radius 2 is 2.28 bits per heavy atom. The van der Waals surface area contributed by atoms with Crippen molar-refractivity contribution in [3.8, 4) is 5.88 Å². The molecular formula is C13H22N4O. The first kappa shape index (κ1) is 13.1. The van der Waals surface area contributed by atoms with Gasteiger partial charge in [0.2, 0.25) is 5.88 Å². The summed E-state index contributed by atoms with van der Waals surface area (Å²) in [6, 6.07) is 0.427. The van der Waals surface area contributed by atoms with E-state index in [1.54, 1.807) is 12.4 Å². The normalized spacial score (nSPS) is 20.5. The number of anilines is 1. The van der Waals surface area contributed by atoms with E-state index in [-0.39, 0.29) is 6.10 Å². The predicted octanol–water partition coefficient (Wildman–Crippen LogP) is 1.82. The summed E-state index contributed by atoms with van der Waals surface area (Å²) in [6.07, 6.45) is 7.19. The highest BCUT2D eigenvalue weighted by Gasteiger charge is 2.12. The zero-order valence-corrected chi connectivity index (χ0v) is 11.1. The Labute approximate surface area is 108 Å². The molecule has 1 unspecified atom stereocenters. The first-order valence-corrected chi connectivity index (χ1v) is 6.70. The molecular weight excluding hydrogens is 228 g/mol. The van der Waals surface area contributed by atoms with Gasteiger partial charge in [-0.25, -0.2) is 0 Å². The maximum Gasteiger partial charge on any atom is 0.234 e. The van der Waals surface area contributed by atoms with Crippen LogP contribution in [0.1, 0.15) is 33.1 Å². The van der Waals surface area contributed by atoms with Gasteiger partial charge in [0.15, 0.2) is 0 Å². The van der Waals surface area contributed by atoms with Crippen LogP contribution in [0.25, 0.3) is 0 Å². The Hall–Kier alpha value is -1.36. The van der Waals surface area contributed by atoms with Crippen LogP contribution in [-0.4, -0.2) is 35.2 Å². The van der Waals surface area contributed by atoms with Crippen LogP contribution in [0, 0.1) is 0 Å². The van der Waals surface area contributed by atoms with Crippen molar-refractivity contribution in [2.45, 2.75) is 45.3 Å². The highest BCUT2D eigenvalue weighted by atomic mass is 16.5. The largest absolute Gasteiger partial charge is 0.474 e. The summed E-state index contributed by atoms with van der Waals surface area (Å²) in [5, 5.41) is 6.84. The fourth-order valence-corrected chi connectivity index (χ4v) is 2.07. The molecule has 0 saturated carbocycles. The third-order valence-corrected chi connectivity index (χ3v) is 2.87. The van der Waals surface area contributed by atoms with E-state index in [1.807, 2.05) is 13.8 Å². The van der Waals surface area contributed by atoms with Gasteiger partial charge in [0.1, 0.15) is 5.82 Å². The molecule has 1 aromatic heterocycles. The fraction of sp³-hybridized carbons (Fsp3) is 0.692. The van der Waals surface area contributed by atoms with Crippen molar-refractivity contribution in [1.82, 2.24) is 15.3 Å².